The van der Waals surface area contributed by atoms with Gasteiger partial charge in [-0.15, -0.1) is 0 Å². The van der Waals surface area contributed by atoms with Crippen LogP contribution < -0.4 is 4.74 Å². The van der Waals surface area contributed by atoms with Gasteiger partial charge in [0.25, 0.3) is 0 Å². The second kappa shape index (κ2) is 10.3. The smallest absolute Gasteiger partial charge is 0.371 e. The summed E-state index contributed by atoms with van der Waals surface area (Å²) in [5.41, 5.74) is 1.56. The van der Waals surface area contributed by atoms with Crippen LogP contribution in [0.5, 0.6) is 11.5 Å². The van der Waals surface area contributed by atoms with Crippen molar-refractivity contribution in [2.45, 2.75) is 32.7 Å². The molecule has 2 heterocycles. The predicted octanol–water partition coefficient (Wildman–Crippen LogP) is 5.12. The van der Waals surface area contributed by atoms with Crippen molar-refractivity contribution in [2.24, 2.45) is 0 Å². The molecule has 1 aromatic heterocycles. The zero-order chi connectivity index (χ0) is 24.9. The molecule has 0 radical (unpaired) electrons. The molecule has 8 heteroatoms. The number of carboxylic acid groups (broad SMARTS) is 1. The first kappa shape index (κ1) is 23.8. The van der Waals surface area contributed by atoms with Gasteiger partial charge in [0, 0.05) is 18.0 Å². The number of amides is 1. The normalized spacial score (nSPS) is 15.8. The molecule has 1 atom stereocenters. The zero-order valence-electron chi connectivity index (χ0n) is 19.4. The SMILES string of the molecule is CCOC(=O)C1=C(C)N(Cc2ccc(C(=O)O)o2)C(=O)CC1c1cccc(Oc2ccccc2)c1. The first-order valence-electron chi connectivity index (χ1n) is 11.2. The number of hydrogen-bond acceptors (Lipinski definition) is 6. The van der Waals surface area contributed by atoms with Crippen LogP contribution in [0, 0.1) is 0 Å². The van der Waals surface area contributed by atoms with E-state index in [4.69, 9.17) is 19.0 Å². The lowest BCUT2D eigenvalue weighted by molar-refractivity contribution is -0.140. The van der Waals surface area contributed by atoms with Gasteiger partial charge in [-0.25, -0.2) is 9.59 Å². The fourth-order valence-corrected chi connectivity index (χ4v) is 4.11. The Hall–Kier alpha value is -4.33. The highest BCUT2D eigenvalue weighted by Crippen LogP contribution is 2.39. The minimum Gasteiger partial charge on any atom is -0.475 e. The van der Waals surface area contributed by atoms with Crippen molar-refractivity contribution in [3.63, 3.8) is 0 Å². The molecule has 2 aromatic carbocycles. The van der Waals surface area contributed by atoms with E-state index < -0.39 is 17.9 Å². The third kappa shape index (κ3) is 5.27. The summed E-state index contributed by atoms with van der Waals surface area (Å²) in [4.78, 5) is 38.8. The van der Waals surface area contributed by atoms with E-state index in [2.05, 4.69) is 0 Å². The van der Waals surface area contributed by atoms with Gasteiger partial charge in [0.05, 0.1) is 18.7 Å². The van der Waals surface area contributed by atoms with Crippen LogP contribution in [0.25, 0.3) is 0 Å². The fourth-order valence-electron chi connectivity index (χ4n) is 4.11. The van der Waals surface area contributed by atoms with Gasteiger partial charge in [-0.1, -0.05) is 30.3 Å². The van der Waals surface area contributed by atoms with Crippen molar-refractivity contribution in [1.82, 2.24) is 4.90 Å². The van der Waals surface area contributed by atoms with Crippen molar-refractivity contribution in [3.8, 4) is 11.5 Å². The van der Waals surface area contributed by atoms with Gasteiger partial charge >= 0.3 is 11.9 Å². The van der Waals surface area contributed by atoms with Crippen LogP contribution in [-0.4, -0.2) is 34.5 Å². The molecule has 0 saturated carbocycles. The average Bonchev–Trinajstić information content (AvgIpc) is 3.31. The zero-order valence-corrected chi connectivity index (χ0v) is 19.4. The number of nitrogens with zero attached hydrogens (tertiary/aromatic N) is 1. The third-order valence-electron chi connectivity index (χ3n) is 5.74. The molecule has 1 unspecified atom stereocenters. The molecule has 35 heavy (non-hydrogen) atoms. The van der Waals surface area contributed by atoms with Crippen LogP contribution in [0.1, 0.15) is 48.1 Å². The van der Waals surface area contributed by atoms with Gasteiger partial charge in [-0.2, -0.15) is 0 Å². The van der Waals surface area contributed by atoms with Crippen LogP contribution in [0.2, 0.25) is 0 Å². The van der Waals surface area contributed by atoms with E-state index in [0.717, 1.165) is 5.56 Å². The number of furan rings is 1. The van der Waals surface area contributed by atoms with E-state index in [1.54, 1.807) is 13.8 Å². The molecule has 3 aromatic rings. The molecule has 0 spiro atoms. The van der Waals surface area contributed by atoms with E-state index in [0.29, 0.717) is 28.5 Å². The lowest BCUT2D eigenvalue weighted by atomic mass is 9.83. The summed E-state index contributed by atoms with van der Waals surface area (Å²) >= 11 is 0. The van der Waals surface area contributed by atoms with Crippen molar-refractivity contribution in [3.05, 3.63) is 95.1 Å². The van der Waals surface area contributed by atoms with Crippen LogP contribution in [0.15, 0.2) is 82.4 Å². The molecule has 1 aliphatic heterocycles. The van der Waals surface area contributed by atoms with Crippen LogP contribution in [0.3, 0.4) is 0 Å². The van der Waals surface area contributed by atoms with E-state index in [1.807, 2.05) is 54.6 Å². The number of carbonyl (C=O) groups excluding carboxylic acids is 2. The summed E-state index contributed by atoms with van der Waals surface area (Å²) < 4.78 is 16.6. The largest absolute Gasteiger partial charge is 0.475 e. The minimum absolute atomic E-state index is 0.00469. The molecule has 1 amide bonds. The Kier molecular flexibility index (Phi) is 7.01. The quantitative estimate of drug-likeness (QED) is 0.451. The van der Waals surface area contributed by atoms with Crippen molar-refractivity contribution >= 4 is 17.8 Å². The first-order valence-corrected chi connectivity index (χ1v) is 11.2. The summed E-state index contributed by atoms with van der Waals surface area (Å²) in [6.07, 6.45) is 0.0345. The minimum atomic E-state index is -1.20. The highest BCUT2D eigenvalue weighted by atomic mass is 16.5. The van der Waals surface area contributed by atoms with Gasteiger partial charge in [0.1, 0.15) is 17.3 Å². The summed E-state index contributed by atoms with van der Waals surface area (Å²) in [7, 11) is 0. The van der Waals surface area contributed by atoms with Crippen molar-refractivity contribution in [2.75, 3.05) is 6.61 Å². The fraction of sp³-hybridized carbons (Fsp3) is 0.222. The average molecular weight is 475 g/mol. The Morgan fingerprint density at radius 2 is 1.80 bits per heavy atom. The molecule has 1 aliphatic rings. The molecule has 0 aliphatic carbocycles. The molecule has 180 valence electrons. The monoisotopic (exact) mass is 475 g/mol. The summed E-state index contributed by atoms with van der Waals surface area (Å²) in [6, 6.07) is 19.5. The number of carboxylic acids is 1. The second-order valence-electron chi connectivity index (χ2n) is 8.01. The Balaban J connectivity index is 1.68. The molecular formula is C27H25NO7. The molecule has 0 bridgehead atoms. The number of benzene rings is 2. The van der Waals surface area contributed by atoms with Gasteiger partial charge in [-0.3, -0.25) is 4.79 Å². The van der Waals surface area contributed by atoms with Crippen LogP contribution >= 0.6 is 0 Å². The van der Waals surface area contributed by atoms with E-state index >= 15 is 0 Å². The molecule has 8 nitrogen and oxygen atoms in total. The Morgan fingerprint density at radius 1 is 1.06 bits per heavy atom. The second-order valence-corrected chi connectivity index (χ2v) is 8.01. The highest BCUT2D eigenvalue weighted by molar-refractivity contribution is 5.96. The highest BCUT2D eigenvalue weighted by Gasteiger charge is 2.37. The number of ether oxygens (including phenoxy) is 2. The first-order chi connectivity index (χ1) is 16.9. The third-order valence-corrected chi connectivity index (χ3v) is 5.74. The van der Waals surface area contributed by atoms with Crippen LogP contribution in [0.4, 0.5) is 0 Å². The van der Waals surface area contributed by atoms with Crippen molar-refractivity contribution < 1.29 is 33.4 Å². The predicted molar refractivity (Wildman–Crippen MR) is 126 cm³/mol. The van der Waals surface area contributed by atoms with E-state index in [9.17, 15) is 14.4 Å². The van der Waals surface area contributed by atoms with Gasteiger partial charge < -0.3 is 23.9 Å². The number of para-hydroxylation sites is 1. The molecule has 0 fully saturated rings. The number of rotatable bonds is 8. The van der Waals surface area contributed by atoms with E-state index in [1.165, 1.54) is 17.0 Å². The maximum atomic E-state index is 13.2. The standard InChI is InChI=1S/C27H25NO7/c1-3-33-27(32)25-17(2)28(16-21-12-13-23(35-21)26(30)31)24(29)15-22(25)18-8-7-11-20(14-18)34-19-9-5-4-6-10-19/h4-14,22H,3,15-16H2,1-2H3,(H,30,31). The molecular weight excluding hydrogens is 450 g/mol. The van der Waals surface area contributed by atoms with Gasteiger partial charge in [0.2, 0.25) is 11.7 Å². The lowest BCUT2D eigenvalue weighted by Gasteiger charge is -2.34. The Labute approximate surface area is 202 Å². The van der Waals surface area contributed by atoms with Crippen molar-refractivity contribution in [1.29, 1.82) is 0 Å². The summed E-state index contributed by atoms with van der Waals surface area (Å²) in [5, 5.41) is 9.10. The maximum absolute atomic E-state index is 13.2. The topological polar surface area (TPSA) is 106 Å². The number of hydrogen-bond donors (Lipinski definition) is 1. The van der Waals surface area contributed by atoms with Crippen LogP contribution in [-0.2, 0) is 20.9 Å². The Bertz CT molecular complexity index is 1280. The number of allylic oxidation sites excluding steroid dienone is 1. The lowest BCUT2D eigenvalue weighted by Crippen LogP contribution is -2.38. The summed E-state index contributed by atoms with van der Waals surface area (Å²) in [5.74, 6) is -1.11. The van der Waals surface area contributed by atoms with E-state index in [-0.39, 0.29) is 31.2 Å². The molecule has 1 N–H and O–H groups in total. The maximum Gasteiger partial charge on any atom is 0.371 e. The number of carbonyl (C=O) groups is 3. The van der Waals surface area contributed by atoms with Gasteiger partial charge in [-0.05, 0) is 55.8 Å². The summed E-state index contributed by atoms with van der Waals surface area (Å²) in [6.45, 7) is 3.60. The van der Waals surface area contributed by atoms with Gasteiger partial charge in [0.15, 0.2) is 0 Å². The molecule has 4 rings (SSSR count). The number of esters is 1. The number of aromatic carboxylic acids is 1. The molecule has 0 saturated heterocycles. The Morgan fingerprint density at radius 3 is 2.49 bits per heavy atom.